The van der Waals surface area contributed by atoms with Gasteiger partial charge in [0.25, 0.3) is 0 Å². The maximum atomic E-state index is 5.94. The molecule has 0 spiro atoms. The zero-order valence-electron chi connectivity index (χ0n) is 10.9. The molecule has 16 heavy (non-hydrogen) atoms. The Hall–Kier alpha value is -0.0800. The van der Waals surface area contributed by atoms with Crippen molar-refractivity contribution in [1.29, 1.82) is 0 Å². The molecule has 3 unspecified atom stereocenters. The van der Waals surface area contributed by atoms with Crippen LogP contribution in [0.3, 0.4) is 0 Å². The van der Waals surface area contributed by atoms with E-state index in [1.54, 1.807) is 0 Å². The third-order valence-electron chi connectivity index (χ3n) is 4.31. The van der Waals surface area contributed by atoms with E-state index in [9.17, 15) is 0 Å². The zero-order valence-corrected chi connectivity index (χ0v) is 10.9. The van der Waals surface area contributed by atoms with Gasteiger partial charge < -0.3 is 10.1 Å². The minimum atomic E-state index is 0.536. The van der Waals surface area contributed by atoms with Gasteiger partial charge in [0.1, 0.15) is 0 Å². The molecular weight excluding hydrogens is 198 g/mol. The highest BCUT2D eigenvalue weighted by molar-refractivity contribution is 4.76. The van der Waals surface area contributed by atoms with Crippen LogP contribution in [0.5, 0.6) is 0 Å². The lowest BCUT2D eigenvalue weighted by atomic mass is 9.80. The largest absolute Gasteiger partial charge is 0.377 e. The molecular formula is C14H27NO. The predicted octanol–water partition coefficient (Wildman–Crippen LogP) is 2.83. The first-order chi connectivity index (χ1) is 7.75. The summed E-state index contributed by atoms with van der Waals surface area (Å²) in [6.07, 6.45) is 7.30. The Morgan fingerprint density at radius 2 is 1.88 bits per heavy atom. The predicted molar refractivity (Wildman–Crippen MR) is 67.5 cm³/mol. The molecule has 0 aliphatic heterocycles. The highest BCUT2D eigenvalue weighted by Gasteiger charge is 2.24. The Balaban J connectivity index is 1.48. The fraction of sp³-hybridized carbons (Fsp3) is 1.00. The van der Waals surface area contributed by atoms with Crippen LogP contribution in [-0.4, -0.2) is 25.8 Å². The van der Waals surface area contributed by atoms with Gasteiger partial charge in [-0.2, -0.15) is 0 Å². The molecule has 2 fully saturated rings. The standard InChI is InChI=1S/C14H27NO/c1-11-3-6-14(9-12(11)2)16-8-7-15-10-13-4-5-13/h11-15H,3-10H2,1-2H3. The lowest BCUT2D eigenvalue weighted by molar-refractivity contribution is 0.00430. The summed E-state index contributed by atoms with van der Waals surface area (Å²) in [6, 6.07) is 0. The van der Waals surface area contributed by atoms with Crippen molar-refractivity contribution >= 4 is 0 Å². The van der Waals surface area contributed by atoms with Gasteiger partial charge in [-0.15, -0.1) is 0 Å². The fourth-order valence-electron chi connectivity index (χ4n) is 2.58. The second-order valence-corrected chi connectivity index (χ2v) is 5.91. The van der Waals surface area contributed by atoms with Crippen molar-refractivity contribution in [1.82, 2.24) is 5.32 Å². The van der Waals surface area contributed by atoms with Crippen LogP contribution in [-0.2, 0) is 4.74 Å². The van der Waals surface area contributed by atoms with E-state index in [0.717, 1.165) is 30.9 Å². The smallest absolute Gasteiger partial charge is 0.0594 e. The molecule has 2 nitrogen and oxygen atoms in total. The van der Waals surface area contributed by atoms with Crippen molar-refractivity contribution in [2.45, 2.75) is 52.1 Å². The Morgan fingerprint density at radius 3 is 2.56 bits per heavy atom. The van der Waals surface area contributed by atoms with Gasteiger partial charge in [0, 0.05) is 6.54 Å². The molecule has 2 heteroatoms. The molecule has 0 saturated heterocycles. The van der Waals surface area contributed by atoms with Gasteiger partial charge in [-0.25, -0.2) is 0 Å². The molecule has 1 N–H and O–H groups in total. The van der Waals surface area contributed by atoms with Crippen LogP contribution < -0.4 is 5.32 Å². The summed E-state index contributed by atoms with van der Waals surface area (Å²) in [4.78, 5) is 0. The van der Waals surface area contributed by atoms with Crippen molar-refractivity contribution < 1.29 is 4.74 Å². The third kappa shape index (κ3) is 4.06. The van der Waals surface area contributed by atoms with Gasteiger partial charge in [-0.1, -0.05) is 13.8 Å². The summed E-state index contributed by atoms with van der Waals surface area (Å²) >= 11 is 0. The minimum Gasteiger partial charge on any atom is -0.377 e. The second kappa shape index (κ2) is 6.02. The Labute approximate surface area is 100 Å². The van der Waals surface area contributed by atoms with E-state index in [-0.39, 0.29) is 0 Å². The Bertz CT molecular complexity index is 203. The third-order valence-corrected chi connectivity index (χ3v) is 4.31. The number of rotatable bonds is 6. The van der Waals surface area contributed by atoms with Crippen LogP contribution in [0.4, 0.5) is 0 Å². The Kier molecular flexibility index (Phi) is 4.66. The van der Waals surface area contributed by atoms with Crippen LogP contribution in [0.1, 0.15) is 46.0 Å². The van der Waals surface area contributed by atoms with Crippen LogP contribution in [0.25, 0.3) is 0 Å². The summed E-state index contributed by atoms with van der Waals surface area (Å²) in [5.74, 6) is 2.72. The fourth-order valence-corrected chi connectivity index (χ4v) is 2.58. The quantitative estimate of drug-likeness (QED) is 0.702. The van der Waals surface area contributed by atoms with Crippen molar-refractivity contribution in [3.05, 3.63) is 0 Å². The lowest BCUT2D eigenvalue weighted by Crippen LogP contribution is -2.30. The SMILES string of the molecule is CC1CCC(OCCNCC2CC2)CC1C. The molecule has 94 valence electrons. The van der Waals surface area contributed by atoms with Gasteiger partial charge in [-0.05, 0) is 56.4 Å². The maximum absolute atomic E-state index is 5.94. The van der Waals surface area contributed by atoms with E-state index >= 15 is 0 Å². The normalized spacial score (nSPS) is 35.2. The van der Waals surface area contributed by atoms with Gasteiger partial charge >= 0.3 is 0 Å². The monoisotopic (exact) mass is 225 g/mol. The number of hydrogen-bond donors (Lipinski definition) is 1. The number of hydrogen-bond acceptors (Lipinski definition) is 2. The van der Waals surface area contributed by atoms with Crippen LogP contribution >= 0.6 is 0 Å². The Morgan fingerprint density at radius 1 is 1.06 bits per heavy atom. The van der Waals surface area contributed by atoms with Crippen molar-refractivity contribution in [2.24, 2.45) is 17.8 Å². The summed E-state index contributed by atoms with van der Waals surface area (Å²) in [5.41, 5.74) is 0. The molecule has 0 aromatic rings. The van der Waals surface area contributed by atoms with E-state index in [1.165, 1.54) is 38.6 Å². The average Bonchev–Trinajstić information content (AvgIpc) is 3.07. The van der Waals surface area contributed by atoms with E-state index in [0.29, 0.717) is 6.10 Å². The minimum absolute atomic E-state index is 0.536. The molecule has 0 heterocycles. The van der Waals surface area contributed by atoms with Gasteiger partial charge in [-0.3, -0.25) is 0 Å². The first-order valence-corrected chi connectivity index (χ1v) is 7.08. The van der Waals surface area contributed by atoms with E-state index < -0.39 is 0 Å². The molecule has 0 amide bonds. The maximum Gasteiger partial charge on any atom is 0.0594 e. The van der Waals surface area contributed by atoms with Crippen LogP contribution in [0, 0.1) is 17.8 Å². The average molecular weight is 225 g/mol. The van der Waals surface area contributed by atoms with E-state index in [1.807, 2.05) is 0 Å². The highest BCUT2D eigenvalue weighted by atomic mass is 16.5. The van der Waals surface area contributed by atoms with Crippen LogP contribution in [0.15, 0.2) is 0 Å². The number of ether oxygens (including phenoxy) is 1. The topological polar surface area (TPSA) is 21.3 Å². The molecule has 0 aromatic heterocycles. The number of nitrogens with one attached hydrogen (secondary N) is 1. The summed E-state index contributed by atoms with van der Waals surface area (Å²) in [6.45, 7) is 7.89. The van der Waals surface area contributed by atoms with Crippen molar-refractivity contribution in [3.63, 3.8) is 0 Å². The molecule has 2 aliphatic rings. The summed E-state index contributed by atoms with van der Waals surface area (Å²) < 4.78 is 5.94. The molecule has 2 saturated carbocycles. The molecule has 0 bridgehead atoms. The second-order valence-electron chi connectivity index (χ2n) is 5.91. The summed E-state index contributed by atoms with van der Waals surface area (Å²) in [7, 11) is 0. The lowest BCUT2D eigenvalue weighted by Gasteiger charge is -2.32. The molecule has 2 rings (SSSR count). The van der Waals surface area contributed by atoms with E-state index in [2.05, 4.69) is 19.2 Å². The van der Waals surface area contributed by atoms with Gasteiger partial charge in [0.05, 0.1) is 12.7 Å². The molecule has 0 aromatic carbocycles. The van der Waals surface area contributed by atoms with Crippen molar-refractivity contribution in [3.8, 4) is 0 Å². The first kappa shape index (κ1) is 12.4. The van der Waals surface area contributed by atoms with Crippen molar-refractivity contribution in [2.75, 3.05) is 19.7 Å². The first-order valence-electron chi connectivity index (χ1n) is 7.08. The zero-order chi connectivity index (χ0) is 11.4. The van der Waals surface area contributed by atoms with Crippen LogP contribution in [0.2, 0.25) is 0 Å². The van der Waals surface area contributed by atoms with Gasteiger partial charge in [0.2, 0.25) is 0 Å². The highest BCUT2D eigenvalue weighted by Crippen LogP contribution is 2.30. The molecule has 2 aliphatic carbocycles. The summed E-state index contributed by atoms with van der Waals surface area (Å²) in [5, 5.41) is 3.48. The van der Waals surface area contributed by atoms with E-state index in [4.69, 9.17) is 4.74 Å². The van der Waals surface area contributed by atoms with Gasteiger partial charge in [0.15, 0.2) is 0 Å². The molecule has 0 radical (unpaired) electrons. The molecule has 3 atom stereocenters.